The van der Waals surface area contributed by atoms with Crippen LogP contribution in [-0.4, -0.2) is 65.5 Å². The molecule has 1 saturated carbocycles. The SMILES string of the molecule is COc1ccc(CNC(=O)c2ccc(CN3CCC(N4C(=O)N(C5CCCCC5)C[C@H]4c4ccccc4)CC3)cc2)cc1. The van der Waals surface area contributed by atoms with Crippen molar-refractivity contribution in [2.24, 2.45) is 0 Å². The van der Waals surface area contributed by atoms with Gasteiger partial charge in [0.05, 0.1) is 13.2 Å². The fourth-order valence-electron chi connectivity index (χ4n) is 7.09. The van der Waals surface area contributed by atoms with Crippen LogP contribution in [0.4, 0.5) is 4.79 Å². The van der Waals surface area contributed by atoms with Crippen LogP contribution in [0, 0.1) is 0 Å². The van der Waals surface area contributed by atoms with Gasteiger partial charge in [-0.15, -0.1) is 0 Å². The van der Waals surface area contributed by atoms with Gasteiger partial charge in [-0.2, -0.15) is 0 Å². The molecule has 0 spiro atoms. The molecule has 2 saturated heterocycles. The molecule has 43 heavy (non-hydrogen) atoms. The number of nitrogens with one attached hydrogen (secondary N) is 1. The monoisotopic (exact) mass is 580 g/mol. The van der Waals surface area contributed by atoms with Gasteiger partial charge in [-0.3, -0.25) is 9.69 Å². The van der Waals surface area contributed by atoms with E-state index in [1.807, 2.05) is 36.4 Å². The topological polar surface area (TPSA) is 65.1 Å². The quantitative estimate of drug-likeness (QED) is 0.318. The largest absolute Gasteiger partial charge is 0.497 e. The Kier molecular flexibility index (Phi) is 9.27. The van der Waals surface area contributed by atoms with Crippen LogP contribution < -0.4 is 10.1 Å². The lowest BCUT2D eigenvalue weighted by atomic mass is 9.94. The fourth-order valence-corrected chi connectivity index (χ4v) is 7.09. The van der Waals surface area contributed by atoms with Crippen molar-refractivity contribution in [3.63, 3.8) is 0 Å². The molecule has 2 aliphatic heterocycles. The fraction of sp³-hybridized carbons (Fsp3) is 0.444. The third-order valence-corrected chi connectivity index (χ3v) is 9.56. The number of piperidine rings is 1. The van der Waals surface area contributed by atoms with Crippen molar-refractivity contribution in [3.8, 4) is 5.75 Å². The van der Waals surface area contributed by atoms with Crippen molar-refractivity contribution in [1.82, 2.24) is 20.0 Å². The first-order valence-corrected chi connectivity index (χ1v) is 16.0. The predicted octanol–water partition coefficient (Wildman–Crippen LogP) is 6.40. The normalized spacial score (nSPS) is 20.4. The van der Waals surface area contributed by atoms with Crippen LogP contribution in [0.2, 0.25) is 0 Å². The number of rotatable bonds is 9. The molecular formula is C36H44N4O3. The second-order valence-corrected chi connectivity index (χ2v) is 12.3. The minimum atomic E-state index is -0.0753. The van der Waals surface area contributed by atoms with Crippen molar-refractivity contribution >= 4 is 11.9 Å². The van der Waals surface area contributed by atoms with Crippen LogP contribution in [0.1, 0.15) is 78.0 Å². The summed E-state index contributed by atoms with van der Waals surface area (Å²) in [6, 6.07) is 27.3. The van der Waals surface area contributed by atoms with Gasteiger partial charge in [0.15, 0.2) is 0 Å². The Bertz CT molecular complexity index is 1350. The second kappa shape index (κ2) is 13.6. The molecule has 226 valence electrons. The number of hydrogen-bond acceptors (Lipinski definition) is 4. The second-order valence-electron chi connectivity index (χ2n) is 12.3. The maximum Gasteiger partial charge on any atom is 0.321 e. The molecule has 6 rings (SSSR count). The average Bonchev–Trinajstić information content (AvgIpc) is 3.42. The number of nitrogens with zero attached hydrogens (tertiary/aromatic N) is 3. The van der Waals surface area contributed by atoms with E-state index < -0.39 is 0 Å². The molecule has 3 fully saturated rings. The number of hydrogen-bond donors (Lipinski definition) is 1. The van der Waals surface area contributed by atoms with E-state index in [0.717, 1.165) is 63.2 Å². The Labute approximate surface area is 255 Å². The third-order valence-electron chi connectivity index (χ3n) is 9.56. The number of amides is 3. The van der Waals surface area contributed by atoms with Crippen molar-refractivity contribution in [1.29, 1.82) is 0 Å². The maximum atomic E-state index is 13.9. The number of urea groups is 1. The summed E-state index contributed by atoms with van der Waals surface area (Å²) in [6.07, 6.45) is 8.02. The summed E-state index contributed by atoms with van der Waals surface area (Å²) < 4.78 is 5.20. The van der Waals surface area contributed by atoms with Gasteiger partial charge in [-0.25, -0.2) is 4.79 Å². The lowest BCUT2D eigenvalue weighted by Gasteiger charge is -2.39. The van der Waals surface area contributed by atoms with E-state index in [0.29, 0.717) is 18.2 Å². The summed E-state index contributed by atoms with van der Waals surface area (Å²) in [4.78, 5) is 33.5. The van der Waals surface area contributed by atoms with Crippen LogP contribution in [0.15, 0.2) is 78.9 Å². The van der Waals surface area contributed by atoms with Crippen molar-refractivity contribution in [3.05, 3.63) is 101 Å². The zero-order valence-electron chi connectivity index (χ0n) is 25.3. The van der Waals surface area contributed by atoms with Crippen LogP contribution >= 0.6 is 0 Å². The Morgan fingerprint density at radius 2 is 1.49 bits per heavy atom. The Morgan fingerprint density at radius 1 is 0.814 bits per heavy atom. The molecule has 1 atom stereocenters. The highest BCUT2D eigenvalue weighted by Crippen LogP contribution is 2.38. The van der Waals surface area contributed by atoms with E-state index >= 15 is 0 Å². The average molecular weight is 581 g/mol. The minimum absolute atomic E-state index is 0.0753. The van der Waals surface area contributed by atoms with Gasteiger partial charge in [0.2, 0.25) is 0 Å². The molecular weight excluding hydrogens is 536 g/mol. The van der Waals surface area contributed by atoms with Crippen molar-refractivity contribution in [2.75, 3.05) is 26.7 Å². The molecule has 3 aliphatic rings. The Balaban J connectivity index is 1.03. The first-order valence-electron chi connectivity index (χ1n) is 16.0. The number of carbonyl (C=O) groups excluding carboxylic acids is 2. The third kappa shape index (κ3) is 6.88. The summed E-state index contributed by atoms with van der Waals surface area (Å²) in [5, 5.41) is 3.00. The summed E-state index contributed by atoms with van der Waals surface area (Å²) in [5.41, 5.74) is 4.15. The van der Waals surface area contributed by atoms with Gasteiger partial charge in [0.25, 0.3) is 5.91 Å². The first-order chi connectivity index (χ1) is 21.1. The van der Waals surface area contributed by atoms with E-state index in [1.54, 1.807) is 7.11 Å². The number of ether oxygens (including phenoxy) is 1. The molecule has 3 aromatic carbocycles. The van der Waals surface area contributed by atoms with E-state index in [-0.39, 0.29) is 24.0 Å². The number of methoxy groups -OCH3 is 1. The molecule has 7 heteroatoms. The van der Waals surface area contributed by atoms with Crippen LogP contribution in [0.3, 0.4) is 0 Å². The molecule has 3 amide bonds. The highest BCUT2D eigenvalue weighted by molar-refractivity contribution is 5.94. The molecule has 0 bridgehead atoms. The predicted molar refractivity (Wildman–Crippen MR) is 169 cm³/mol. The van der Waals surface area contributed by atoms with Crippen LogP contribution in [0.5, 0.6) is 5.75 Å². The standard InChI is InChI=1S/C36H44N4O3/c1-43-33-18-14-27(15-19-33)24-37-35(41)30-16-12-28(13-17-30)25-38-22-20-32(21-23-38)40-34(29-8-4-2-5-9-29)26-39(36(40)42)31-10-6-3-7-11-31/h2,4-5,8-9,12-19,31-32,34H,3,6-7,10-11,20-26H2,1H3,(H,37,41)/t34-/m0/s1. The number of benzene rings is 3. The highest BCUT2D eigenvalue weighted by atomic mass is 16.5. The lowest BCUT2D eigenvalue weighted by Crippen LogP contribution is -2.48. The molecule has 2 heterocycles. The van der Waals surface area contributed by atoms with E-state index in [1.165, 1.54) is 30.4 Å². The Morgan fingerprint density at radius 3 is 2.16 bits per heavy atom. The summed E-state index contributed by atoms with van der Waals surface area (Å²) in [6.45, 7) is 4.06. The zero-order valence-corrected chi connectivity index (χ0v) is 25.3. The molecule has 3 aromatic rings. The van der Waals surface area contributed by atoms with Gasteiger partial charge in [-0.05, 0) is 66.6 Å². The van der Waals surface area contributed by atoms with Gasteiger partial charge in [0.1, 0.15) is 5.75 Å². The molecule has 0 unspecified atom stereocenters. The number of carbonyl (C=O) groups is 2. The summed E-state index contributed by atoms with van der Waals surface area (Å²) >= 11 is 0. The minimum Gasteiger partial charge on any atom is -0.497 e. The molecule has 1 N–H and O–H groups in total. The summed E-state index contributed by atoms with van der Waals surface area (Å²) in [5.74, 6) is 0.728. The maximum absolute atomic E-state index is 13.9. The van der Waals surface area contributed by atoms with E-state index in [2.05, 4.69) is 62.5 Å². The van der Waals surface area contributed by atoms with Crippen LogP contribution in [0.25, 0.3) is 0 Å². The summed E-state index contributed by atoms with van der Waals surface area (Å²) in [7, 11) is 1.64. The number of likely N-dealkylation sites (tertiary alicyclic amines) is 1. The van der Waals surface area contributed by atoms with E-state index in [4.69, 9.17) is 4.74 Å². The van der Waals surface area contributed by atoms with Gasteiger partial charge in [-0.1, -0.05) is 73.9 Å². The van der Waals surface area contributed by atoms with E-state index in [9.17, 15) is 9.59 Å². The zero-order chi connectivity index (χ0) is 29.6. The van der Waals surface area contributed by atoms with Gasteiger partial charge >= 0.3 is 6.03 Å². The van der Waals surface area contributed by atoms with Crippen LogP contribution in [-0.2, 0) is 13.1 Å². The lowest BCUT2D eigenvalue weighted by molar-refractivity contribution is 0.0950. The Hall–Kier alpha value is -3.84. The van der Waals surface area contributed by atoms with Gasteiger partial charge < -0.3 is 19.9 Å². The molecule has 0 aromatic heterocycles. The molecule has 1 aliphatic carbocycles. The van der Waals surface area contributed by atoms with Gasteiger partial charge in [0, 0.05) is 50.4 Å². The molecule has 7 nitrogen and oxygen atoms in total. The van der Waals surface area contributed by atoms with Crippen molar-refractivity contribution < 1.29 is 14.3 Å². The molecule has 0 radical (unpaired) electrons. The smallest absolute Gasteiger partial charge is 0.321 e. The first kappa shape index (κ1) is 29.2. The van der Waals surface area contributed by atoms with Crippen molar-refractivity contribution in [2.45, 2.75) is 76.2 Å². The highest BCUT2D eigenvalue weighted by Gasteiger charge is 2.45.